The number of hydrogen-bond donors (Lipinski definition) is 1. The largest absolute Gasteiger partial charge is 0.323 e. The Morgan fingerprint density at radius 1 is 1.22 bits per heavy atom. The van der Waals surface area contributed by atoms with Crippen molar-refractivity contribution in [2.45, 2.75) is 46.0 Å². The number of anilines is 1. The quantitative estimate of drug-likeness (QED) is 0.888. The summed E-state index contributed by atoms with van der Waals surface area (Å²) in [6, 6.07) is 3.95. The molecule has 2 atom stereocenters. The SMILES string of the molecule is Cc1cc(C)c(NC(=O)CN2CC[C@@H]3CCCC[C@@H]3C2)c(Cl)c1. The second-order valence-corrected chi connectivity index (χ2v) is 7.72. The fourth-order valence-electron chi connectivity index (χ4n) is 4.28. The lowest BCUT2D eigenvalue weighted by molar-refractivity contribution is -0.118. The minimum atomic E-state index is 0.0492. The molecule has 1 N–H and O–H groups in total. The average molecular weight is 335 g/mol. The molecule has 126 valence electrons. The summed E-state index contributed by atoms with van der Waals surface area (Å²) in [5, 5.41) is 3.64. The highest BCUT2D eigenvalue weighted by Gasteiger charge is 2.31. The van der Waals surface area contributed by atoms with Crippen LogP contribution in [0.4, 0.5) is 5.69 Å². The van der Waals surface area contributed by atoms with E-state index in [9.17, 15) is 4.79 Å². The Kier molecular flexibility index (Phi) is 5.27. The minimum Gasteiger partial charge on any atom is -0.323 e. The van der Waals surface area contributed by atoms with E-state index in [1.807, 2.05) is 19.9 Å². The molecule has 0 spiro atoms. The van der Waals surface area contributed by atoms with E-state index in [4.69, 9.17) is 11.6 Å². The highest BCUT2D eigenvalue weighted by Crippen LogP contribution is 2.36. The van der Waals surface area contributed by atoms with Gasteiger partial charge in [-0.25, -0.2) is 0 Å². The van der Waals surface area contributed by atoms with Gasteiger partial charge in [0.25, 0.3) is 0 Å². The molecule has 1 saturated carbocycles. The first kappa shape index (κ1) is 16.8. The smallest absolute Gasteiger partial charge is 0.238 e. The highest BCUT2D eigenvalue weighted by molar-refractivity contribution is 6.34. The van der Waals surface area contributed by atoms with Crippen molar-refractivity contribution in [2.24, 2.45) is 11.8 Å². The number of amides is 1. The summed E-state index contributed by atoms with van der Waals surface area (Å²) in [6.45, 7) is 6.61. The second kappa shape index (κ2) is 7.23. The van der Waals surface area contributed by atoms with Gasteiger partial charge in [-0.1, -0.05) is 36.9 Å². The molecule has 0 aromatic heterocycles. The van der Waals surface area contributed by atoms with E-state index in [1.54, 1.807) is 0 Å². The lowest BCUT2D eigenvalue weighted by Crippen LogP contribution is -2.44. The second-order valence-electron chi connectivity index (χ2n) is 7.32. The monoisotopic (exact) mass is 334 g/mol. The number of piperidine rings is 1. The van der Waals surface area contributed by atoms with Crippen molar-refractivity contribution >= 4 is 23.2 Å². The van der Waals surface area contributed by atoms with E-state index < -0.39 is 0 Å². The number of aryl methyl sites for hydroxylation is 2. The lowest BCUT2D eigenvalue weighted by Gasteiger charge is -2.41. The van der Waals surface area contributed by atoms with E-state index in [0.717, 1.165) is 41.7 Å². The average Bonchev–Trinajstić information content (AvgIpc) is 2.51. The molecule has 1 aliphatic carbocycles. The summed E-state index contributed by atoms with van der Waals surface area (Å²) in [4.78, 5) is 14.7. The number of fused-ring (bicyclic) bond motifs is 1. The zero-order valence-corrected chi connectivity index (χ0v) is 15.0. The summed E-state index contributed by atoms with van der Waals surface area (Å²) in [5.41, 5.74) is 2.90. The molecule has 1 aromatic carbocycles. The van der Waals surface area contributed by atoms with Crippen LogP contribution >= 0.6 is 11.6 Å². The molecule has 0 unspecified atom stereocenters. The molecule has 2 fully saturated rings. The Morgan fingerprint density at radius 2 is 1.96 bits per heavy atom. The van der Waals surface area contributed by atoms with Crippen LogP contribution in [0.1, 0.15) is 43.2 Å². The summed E-state index contributed by atoms with van der Waals surface area (Å²) < 4.78 is 0. The topological polar surface area (TPSA) is 32.3 Å². The highest BCUT2D eigenvalue weighted by atomic mass is 35.5. The number of carbonyl (C=O) groups is 1. The number of hydrogen-bond acceptors (Lipinski definition) is 2. The Labute approximate surface area is 144 Å². The van der Waals surface area contributed by atoms with Gasteiger partial charge in [0.15, 0.2) is 0 Å². The number of nitrogens with zero attached hydrogens (tertiary/aromatic N) is 1. The molecule has 1 aromatic rings. The zero-order chi connectivity index (χ0) is 16.4. The van der Waals surface area contributed by atoms with Crippen molar-refractivity contribution in [3.63, 3.8) is 0 Å². The first-order chi connectivity index (χ1) is 11.0. The van der Waals surface area contributed by atoms with Gasteiger partial charge in [0.05, 0.1) is 17.3 Å². The number of halogens is 1. The molecule has 4 heteroatoms. The normalized spacial score (nSPS) is 25.0. The first-order valence-electron chi connectivity index (χ1n) is 8.82. The number of benzene rings is 1. The molecule has 3 nitrogen and oxygen atoms in total. The van der Waals surface area contributed by atoms with Gasteiger partial charge in [0.2, 0.25) is 5.91 Å². The summed E-state index contributed by atoms with van der Waals surface area (Å²) in [5.74, 6) is 1.75. The van der Waals surface area contributed by atoms with Crippen LogP contribution in [0.3, 0.4) is 0 Å². The van der Waals surface area contributed by atoms with Crippen molar-refractivity contribution in [1.82, 2.24) is 4.90 Å². The Morgan fingerprint density at radius 3 is 2.70 bits per heavy atom. The Hall–Kier alpha value is -1.06. The van der Waals surface area contributed by atoms with Crippen LogP contribution < -0.4 is 5.32 Å². The molecule has 1 heterocycles. The zero-order valence-electron chi connectivity index (χ0n) is 14.2. The fraction of sp³-hybridized carbons (Fsp3) is 0.632. The minimum absolute atomic E-state index is 0.0492. The van der Waals surface area contributed by atoms with Gasteiger partial charge in [-0.05, 0) is 62.3 Å². The summed E-state index contributed by atoms with van der Waals surface area (Å²) >= 11 is 6.28. The Bertz CT molecular complexity index is 564. The van der Waals surface area contributed by atoms with Gasteiger partial charge >= 0.3 is 0 Å². The fourth-order valence-corrected chi connectivity index (χ4v) is 4.64. The van der Waals surface area contributed by atoms with Crippen LogP contribution in [0, 0.1) is 25.7 Å². The molecular formula is C19H27ClN2O. The standard InChI is InChI=1S/C19H27ClN2O/c1-13-9-14(2)19(17(20)10-13)21-18(23)12-22-8-7-15-5-3-4-6-16(15)11-22/h9-10,15-16H,3-8,11-12H2,1-2H3,(H,21,23)/t15-,16+/m0/s1. The van der Waals surface area contributed by atoms with Crippen molar-refractivity contribution in [3.05, 3.63) is 28.3 Å². The number of rotatable bonds is 3. The molecule has 1 aliphatic heterocycles. The van der Waals surface area contributed by atoms with Gasteiger partial charge in [-0.3, -0.25) is 9.69 Å². The van der Waals surface area contributed by atoms with Crippen LogP contribution in [0.15, 0.2) is 12.1 Å². The van der Waals surface area contributed by atoms with E-state index in [-0.39, 0.29) is 5.91 Å². The third-order valence-electron chi connectivity index (χ3n) is 5.44. The van der Waals surface area contributed by atoms with Gasteiger partial charge in [-0.2, -0.15) is 0 Å². The molecular weight excluding hydrogens is 308 g/mol. The predicted octanol–water partition coefficient (Wildman–Crippen LogP) is 4.41. The van der Waals surface area contributed by atoms with Crippen LogP contribution in [0.5, 0.6) is 0 Å². The molecule has 1 saturated heterocycles. The van der Waals surface area contributed by atoms with Crippen molar-refractivity contribution in [3.8, 4) is 0 Å². The van der Waals surface area contributed by atoms with E-state index >= 15 is 0 Å². The third-order valence-corrected chi connectivity index (χ3v) is 5.74. The van der Waals surface area contributed by atoms with Crippen molar-refractivity contribution in [2.75, 3.05) is 25.0 Å². The maximum Gasteiger partial charge on any atom is 0.238 e. The molecule has 2 aliphatic rings. The molecule has 0 radical (unpaired) electrons. The van der Waals surface area contributed by atoms with Crippen LogP contribution in [0.2, 0.25) is 5.02 Å². The summed E-state index contributed by atoms with van der Waals surface area (Å²) in [6.07, 6.45) is 6.74. The van der Waals surface area contributed by atoms with Crippen LogP contribution in [-0.4, -0.2) is 30.4 Å². The third kappa shape index (κ3) is 4.07. The van der Waals surface area contributed by atoms with Gasteiger partial charge in [-0.15, -0.1) is 0 Å². The molecule has 0 bridgehead atoms. The van der Waals surface area contributed by atoms with Gasteiger partial charge in [0.1, 0.15) is 0 Å². The maximum absolute atomic E-state index is 12.4. The molecule has 1 amide bonds. The van der Waals surface area contributed by atoms with Crippen molar-refractivity contribution < 1.29 is 4.79 Å². The van der Waals surface area contributed by atoms with E-state index in [0.29, 0.717) is 11.6 Å². The number of carbonyl (C=O) groups excluding carboxylic acids is 1. The van der Waals surface area contributed by atoms with E-state index in [2.05, 4.69) is 16.3 Å². The molecule has 23 heavy (non-hydrogen) atoms. The van der Waals surface area contributed by atoms with Gasteiger partial charge < -0.3 is 5.32 Å². The predicted molar refractivity (Wildman–Crippen MR) is 96.1 cm³/mol. The Balaban J connectivity index is 1.57. The van der Waals surface area contributed by atoms with Gasteiger partial charge in [0, 0.05) is 6.54 Å². The van der Waals surface area contributed by atoms with Crippen LogP contribution in [0.25, 0.3) is 0 Å². The van der Waals surface area contributed by atoms with Crippen LogP contribution in [-0.2, 0) is 4.79 Å². The number of nitrogens with one attached hydrogen (secondary N) is 1. The number of likely N-dealkylation sites (tertiary alicyclic amines) is 1. The van der Waals surface area contributed by atoms with E-state index in [1.165, 1.54) is 32.1 Å². The maximum atomic E-state index is 12.4. The lowest BCUT2D eigenvalue weighted by atomic mass is 9.75. The molecule has 3 rings (SSSR count). The summed E-state index contributed by atoms with van der Waals surface area (Å²) in [7, 11) is 0. The first-order valence-corrected chi connectivity index (χ1v) is 9.19. The van der Waals surface area contributed by atoms with Crippen molar-refractivity contribution in [1.29, 1.82) is 0 Å².